The van der Waals surface area contributed by atoms with Gasteiger partial charge < -0.3 is 14.8 Å². The number of benzene rings is 2. The Kier molecular flexibility index (Phi) is 5.63. The second-order valence-electron chi connectivity index (χ2n) is 6.50. The molecule has 1 amide bonds. The second-order valence-corrected chi connectivity index (χ2v) is 7.41. The van der Waals surface area contributed by atoms with Crippen LogP contribution in [0, 0.1) is 5.92 Å². The summed E-state index contributed by atoms with van der Waals surface area (Å²) in [6.45, 7) is 5.32. The van der Waals surface area contributed by atoms with Crippen molar-refractivity contribution >= 4 is 21.8 Å². The molecule has 0 bridgehead atoms. The zero-order valence-electron chi connectivity index (χ0n) is 14.4. The Morgan fingerprint density at radius 1 is 1.12 bits per heavy atom. The van der Waals surface area contributed by atoms with E-state index in [9.17, 15) is 4.79 Å². The Balaban J connectivity index is 1.74. The monoisotopic (exact) mass is 403 g/mol. The highest BCUT2D eigenvalue weighted by Gasteiger charge is 2.21. The average molecular weight is 404 g/mol. The van der Waals surface area contributed by atoms with Gasteiger partial charge in [-0.1, -0.05) is 48.0 Å². The van der Waals surface area contributed by atoms with E-state index in [4.69, 9.17) is 9.47 Å². The first-order valence-electron chi connectivity index (χ1n) is 8.46. The molecule has 1 N–H and O–H groups in total. The molecular formula is C20H22BrNO3. The van der Waals surface area contributed by atoms with Gasteiger partial charge in [0.2, 0.25) is 5.91 Å². The van der Waals surface area contributed by atoms with Crippen LogP contribution in [-0.2, 0) is 11.2 Å². The van der Waals surface area contributed by atoms with Gasteiger partial charge in [-0.25, -0.2) is 0 Å². The molecule has 0 saturated heterocycles. The van der Waals surface area contributed by atoms with Crippen molar-refractivity contribution < 1.29 is 14.3 Å². The van der Waals surface area contributed by atoms with Crippen LogP contribution in [0.4, 0.5) is 0 Å². The van der Waals surface area contributed by atoms with Gasteiger partial charge in [-0.2, -0.15) is 0 Å². The number of halogens is 1. The van der Waals surface area contributed by atoms with Crippen LogP contribution in [0.15, 0.2) is 46.9 Å². The quantitative estimate of drug-likeness (QED) is 0.810. The van der Waals surface area contributed by atoms with Gasteiger partial charge in [-0.05, 0) is 41.3 Å². The number of hydrogen-bond donors (Lipinski definition) is 1. The maximum atomic E-state index is 12.5. The Hall–Kier alpha value is -2.01. The predicted octanol–water partition coefficient (Wildman–Crippen LogP) is 4.28. The molecule has 1 aliphatic heterocycles. The van der Waals surface area contributed by atoms with Crippen molar-refractivity contribution in [3.8, 4) is 11.5 Å². The fraction of sp³-hybridized carbons (Fsp3) is 0.350. The molecule has 1 heterocycles. The second kappa shape index (κ2) is 7.91. The highest BCUT2D eigenvalue weighted by Crippen LogP contribution is 2.34. The molecule has 0 saturated carbocycles. The normalized spacial score (nSPS) is 14.2. The van der Waals surface area contributed by atoms with Crippen molar-refractivity contribution in [3.05, 3.63) is 58.1 Å². The number of hydrogen-bond acceptors (Lipinski definition) is 3. The highest BCUT2D eigenvalue weighted by atomic mass is 79.9. The summed E-state index contributed by atoms with van der Waals surface area (Å²) >= 11 is 3.44. The lowest BCUT2D eigenvalue weighted by Gasteiger charge is -2.25. The summed E-state index contributed by atoms with van der Waals surface area (Å²) in [5.41, 5.74) is 2.01. The Bertz CT molecular complexity index is 760. The Morgan fingerprint density at radius 2 is 1.88 bits per heavy atom. The number of carbonyl (C=O) groups excluding carboxylic acids is 1. The van der Waals surface area contributed by atoms with Crippen LogP contribution in [0.5, 0.6) is 11.5 Å². The standard InChI is InChI=1S/C20H22BrNO3/c1-13(2)20(15-6-7-17-18(12-15)25-9-8-24-17)22-19(23)11-14-4-3-5-16(21)10-14/h3-7,10,12-13,20H,8-9,11H2,1-2H3,(H,22,23). The summed E-state index contributed by atoms with van der Waals surface area (Å²) < 4.78 is 12.2. The van der Waals surface area contributed by atoms with Crippen LogP contribution in [0.1, 0.15) is 31.0 Å². The maximum absolute atomic E-state index is 12.5. The molecule has 4 nitrogen and oxygen atoms in total. The van der Waals surface area contributed by atoms with Gasteiger partial charge >= 0.3 is 0 Å². The lowest BCUT2D eigenvalue weighted by molar-refractivity contribution is -0.121. The van der Waals surface area contributed by atoms with Crippen molar-refractivity contribution in [3.63, 3.8) is 0 Å². The lowest BCUT2D eigenvalue weighted by atomic mass is 9.95. The van der Waals surface area contributed by atoms with Gasteiger partial charge in [0.1, 0.15) is 13.2 Å². The smallest absolute Gasteiger partial charge is 0.224 e. The van der Waals surface area contributed by atoms with E-state index >= 15 is 0 Å². The van der Waals surface area contributed by atoms with Crippen LogP contribution in [-0.4, -0.2) is 19.1 Å². The van der Waals surface area contributed by atoms with E-state index < -0.39 is 0 Å². The number of fused-ring (bicyclic) bond motifs is 1. The van der Waals surface area contributed by atoms with Crippen molar-refractivity contribution in [1.29, 1.82) is 0 Å². The van der Waals surface area contributed by atoms with Crippen molar-refractivity contribution in [2.24, 2.45) is 5.92 Å². The minimum atomic E-state index is -0.0736. The van der Waals surface area contributed by atoms with Gasteiger partial charge in [0.15, 0.2) is 11.5 Å². The van der Waals surface area contributed by atoms with E-state index in [-0.39, 0.29) is 17.9 Å². The molecular weight excluding hydrogens is 382 g/mol. The largest absolute Gasteiger partial charge is 0.486 e. The van der Waals surface area contributed by atoms with Crippen LogP contribution in [0.3, 0.4) is 0 Å². The van der Waals surface area contributed by atoms with Gasteiger partial charge in [0, 0.05) is 4.47 Å². The van der Waals surface area contributed by atoms with Crippen molar-refractivity contribution in [2.45, 2.75) is 26.3 Å². The minimum absolute atomic E-state index is 0.00619. The lowest BCUT2D eigenvalue weighted by Crippen LogP contribution is -2.33. The highest BCUT2D eigenvalue weighted by molar-refractivity contribution is 9.10. The van der Waals surface area contributed by atoms with Crippen molar-refractivity contribution in [2.75, 3.05) is 13.2 Å². The Labute approximate surface area is 156 Å². The third-order valence-corrected chi connectivity index (χ3v) is 4.66. The number of rotatable bonds is 5. The first kappa shape index (κ1) is 17.8. The van der Waals surface area contributed by atoms with Crippen LogP contribution in [0.25, 0.3) is 0 Å². The summed E-state index contributed by atoms with van der Waals surface area (Å²) in [6, 6.07) is 13.6. The molecule has 3 rings (SSSR count). The Morgan fingerprint density at radius 3 is 2.60 bits per heavy atom. The predicted molar refractivity (Wildman–Crippen MR) is 101 cm³/mol. The molecule has 1 aliphatic rings. The fourth-order valence-electron chi connectivity index (χ4n) is 2.95. The fourth-order valence-corrected chi connectivity index (χ4v) is 3.39. The van der Waals surface area contributed by atoms with Gasteiger partial charge in [0.25, 0.3) is 0 Å². The topological polar surface area (TPSA) is 47.6 Å². The van der Waals surface area contributed by atoms with Gasteiger partial charge in [0.05, 0.1) is 12.5 Å². The van der Waals surface area contributed by atoms with E-state index in [0.29, 0.717) is 19.6 Å². The van der Waals surface area contributed by atoms with E-state index in [2.05, 4.69) is 35.1 Å². The first-order chi connectivity index (χ1) is 12.0. The first-order valence-corrected chi connectivity index (χ1v) is 9.25. The molecule has 5 heteroatoms. The molecule has 0 fully saturated rings. The van der Waals surface area contributed by atoms with Crippen LogP contribution >= 0.6 is 15.9 Å². The molecule has 2 aromatic carbocycles. The molecule has 1 atom stereocenters. The number of ether oxygens (including phenoxy) is 2. The minimum Gasteiger partial charge on any atom is -0.486 e. The maximum Gasteiger partial charge on any atom is 0.224 e. The zero-order chi connectivity index (χ0) is 17.8. The summed E-state index contributed by atoms with van der Waals surface area (Å²) in [4.78, 5) is 12.5. The van der Waals surface area contributed by atoms with Gasteiger partial charge in [-0.15, -0.1) is 0 Å². The third kappa shape index (κ3) is 4.54. The van der Waals surface area contributed by atoms with Crippen LogP contribution in [0.2, 0.25) is 0 Å². The van der Waals surface area contributed by atoms with E-state index in [0.717, 1.165) is 27.1 Å². The van der Waals surface area contributed by atoms with Crippen LogP contribution < -0.4 is 14.8 Å². The average Bonchev–Trinajstić information content (AvgIpc) is 2.59. The summed E-state index contributed by atoms with van der Waals surface area (Å²) in [5, 5.41) is 3.16. The number of nitrogens with one attached hydrogen (secondary N) is 1. The molecule has 0 spiro atoms. The summed E-state index contributed by atoms with van der Waals surface area (Å²) in [5.74, 6) is 1.77. The number of amides is 1. The molecule has 132 valence electrons. The van der Waals surface area contributed by atoms with E-state index in [1.165, 1.54) is 0 Å². The molecule has 0 radical (unpaired) electrons. The van der Waals surface area contributed by atoms with E-state index in [1.807, 2.05) is 42.5 Å². The number of carbonyl (C=O) groups is 1. The molecule has 0 aromatic heterocycles. The molecule has 2 aromatic rings. The van der Waals surface area contributed by atoms with Gasteiger partial charge in [-0.3, -0.25) is 4.79 Å². The third-order valence-electron chi connectivity index (χ3n) is 4.16. The zero-order valence-corrected chi connectivity index (χ0v) is 16.0. The molecule has 25 heavy (non-hydrogen) atoms. The SMILES string of the molecule is CC(C)C(NC(=O)Cc1cccc(Br)c1)c1ccc2c(c1)OCCO2. The van der Waals surface area contributed by atoms with E-state index in [1.54, 1.807) is 0 Å². The molecule has 1 unspecified atom stereocenters. The summed E-state index contributed by atoms with van der Waals surface area (Å²) in [6.07, 6.45) is 0.354. The van der Waals surface area contributed by atoms with Crippen molar-refractivity contribution in [1.82, 2.24) is 5.32 Å². The molecule has 0 aliphatic carbocycles. The summed E-state index contributed by atoms with van der Waals surface area (Å²) in [7, 11) is 0.